The van der Waals surface area contributed by atoms with Crippen LogP contribution < -0.4 is 5.73 Å². The number of rotatable bonds is 2. The van der Waals surface area contributed by atoms with Gasteiger partial charge in [-0.05, 0) is 22.0 Å². The number of aromatic nitrogens is 2. The summed E-state index contributed by atoms with van der Waals surface area (Å²) >= 11 is 3.39. The zero-order chi connectivity index (χ0) is 11.7. The lowest BCUT2D eigenvalue weighted by molar-refractivity contribution is 0.577. The van der Waals surface area contributed by atoms with Gasteiger partial charge in [-0.3, -0.25) is 0 Å². The van der Waals surface area contributed by atoms with Crippen LogP contribution in [-0.4, -0.2) is 9.97 Å². The Kier molecular flexibility index (Phi) is 2.96. The first-order valence-electron chi connectivity index (χ1n) is 4.95. The molecule has 0 spiro atoms. The molecule has 0 aliphatic heterocycles. The van der Waals surface area contributed by atoms with Gasteiger partial charge in [-0.2, -0.15) is 0 Å². The summed E-state index contributed by atoms with van der Waals surface area (Å²) in [4.78, 5) is 8.60. The predicted octanol–water partition coefficient (Wildman–Crippen LogP) is 3.20. The first kappa shape index (κ1) is 11.1. The highest BCUT2D eigenvalue weighted by atomic mass is 79.9. The van der Waals surface area contributed by atoms with Gasteiger partial charge in [0.1, 0.15) is 17.3 Å². The topological polar surface area (TPSA) is 64.9 Å². The van der Waals surface area contributed by atoms with E-state index in [1.54, 1.807) is 12.3 Å². The number of furan rings is 1. The third-order valence-electron chi connectivity index (χ3n) is 2.13. The summed E-state index contributed by atoms with van der Waals surface area (Å²) < 4.78 is 6.21. The Labute approximate surface area is 102 Å². The number of nitrogens with two attached hydrogens (primary N) is 1. The standard InChI is InChI=1S/C11H12BrN3O/c1-6(2)11-14-8(5-9(13)15-11)10-7(12)3-4-16-10/h3-6H,1-2H3,(H2,13,14,15). The van der Waals surface area contributed by atoms with E-state index in [0.717, 1.165) is 10.3 Å². The molecule has 0 radical (unpaired) electrons. The van der Waals surface area contributed by atoms with Crippen LogP contribution in [0.15, 0.2) is 27.3 Å². The van der Waals surface area contributed by atoms with Crippen molar-refractivity contribution in [2.75, 3.05) is 5.73 Å². The van der Waals surface area contributed by atoms with Gasteiger partial charge in [0.15, 0.2) is 5.76 Å². The van der Waals surface area contributed by atoms with Crippen LogP contribution in [0.25, 0.3) is 11.5 Å². The molecule has 0 saturated heterocycles. The molecule has 0 atom stereocenters. The van der Waals surface area contributed by atoms with Crippen molar-refractivity contribution in [3.63, 3.8) is 0 Å². The van der Waals surface area contributed by atoms with Gasteiger partial charge in [-0.1, -0.05) is 13.8 Å². The molecule has 0 fully saturated rings. The van der Waals surface area contributed by atoms with Crippen molar-refractivity contribution in [1.29, 1.82) is 0 Å². The lowest BCUT2D eigenvalue weighted by Gasteiger charge is -2.06. The molecule has 2 N–H and O–H groups in total. The molecular formula is C11H12BrN3O. The molecule has 84 valence electrons. The van der Waals surface area contributed by atoms with E-state index >= 15 is 0 Å². The van der Waals surface area contributed by atoms with E-state index in [1.807, 2.05) is 19.9 Å². The van der Waals surface area contributed by atoms with Crippen LogP contribution in [0.2, 0.25) is 0 Å². The number of hydrogen-bond acceptors (Lipinski definition) is 4. The molecule has 0 aliphatic rings. The van der Waals surface area contributed by atoms with Crippen LogP contribution in [0.4, 0.5) is 5.82 Å². The molecule has 5 heteroatoms. The summed E-state index contributed by atoms with van der Waals surface area (Å²) in [6, 6.07) is 3.53. The van der Waals surface area contributed by atoms with E-state index < -0.39 is 0 Å². The minimum Gasteiger partial charge on any atom is -0.461 e. The zero-order valence-electron chi connectivity index (χ0n) is 9.07. The smallest absolute Gasteiger partial charge is 0.166 e. The van der Waals surface area contributed by atoms with Crippen molar-refractivity contribution in [2.24, 2.45) is 0 Å². The zero-order valence-corrected chi connectivity index (χ0v) is 10.7. The third kappa shape index (κ3) is 2.09. The van der Waals surface area contributed by atoms with E-state index in [0.29, 0.717) is 17.3 Å². The molecular weight excluding hydrogens is 270 g/mol. The second-order valence-corrected chi connectivity index (χ2v) is 4.64. The second kappa shape index (κ2) is 4.25. The summed E-state index contributed by atoms with van der Waals surface area (Å²) in [6.07, 6.45) is 1.60. The normalized spacial score (nSPS) is 11.0. The Bertz CT molecular complexity index is 508. The average Bonchev–Trinajstić information content (AvgIpc) is 2.63. The van der Waals surface area contributed by atoms with Crippen LogP contribution >= 0.6 is 15.9 Å². The fraction of sp³-hybridized carbons (Fsp3) is 0.273. The Hall–Kier alpha value is -1.36. The molecule has 2 aromatic heterocycles. The van der Waals surface area contributed by atoms with Crippen LogP contribution in [0.5, 0.6) is 0 Å². The predicted molar refractivity (Wildman–Crippen MR) is 65.9 cm³/mol. The van der Waals surface area contributed by atoms with Crippen molar-refractivity contribution >= 4 is 21.7 Å². The van der Waals surface area contributed by atoms with Crippen LogP contribution in [0.1, 0.15) is 25.6 Å². The number of nitrogen functional groups attached to an aromatic ring is 1. The van der Waals surface area contributed by atoms with E-state index in [1.165, 1.54) is 0 Å². The van der Waals surface area contributed by atoms with Gasteiger partial charge in [0.25, 0.3) is 0 Å². The summed E-state index contributed by atoms with van der Waals surface area (Å²) in [5.74, 6) is 2.09. The minimum atomic E-state index is 0.232. The number of nitrogens with zero attached hydrogens (tertiary/aromatic N) is 2. The van der Waals surface area contributed by atoms with E-state index in [4.69, 9.17) is 10.2 Å². The SMILES string of the molecule is CC(C)c1nc(N)cc(-c2occc2Br)n1. The fourth-order valence-electron chi connectivity index (χ4n) is 1.34. The largest absolute Gasteiger partial charge is 0.461 e. The Balaban J connectivity index is 2.54. The van der Waals surface area contributed by atoms with Gasteiger partial charge in [0.2, 0.25) is 0 Å². The van der Waals surface area contributed by atoms with Gasteiger partial charge < -0.3 is 10.2 Å². The molecule has 4 nitrogen and oxygen atoms in total. The first-order chi connectivity index (χ1) is 7.58. The van der Waals surface area contributed by atoms with Gasteiger partial charge in [0.05, 0.1) is 10.7 Å². The van der Waals surface area contributed by atoms with Crippen molar-refractivity contribution in [3.05, 3.63) is 28.7 Å². The van der Waals surface area contributed by atoms with Gasteiger partial charge in [-0.15, -0.1) is 0 Å². The summed E-state index contributed by atoms with van der Waals surface area (Å²) in [7, 11) is 0. The molecule has 16 heavy (non-hydrogen) atoms. The Morgan fingerprint density at radius 3 is 2.69 bits per heavy atom. The molecule has 0 bridgehead atoms. The van der Waals surface area contributed by atoms with Crippen LogP contribution in [0.3, 0.4) is 0 Å². The highest BCUT2D eigenvalue weighted by Crippen LogP contribution is 2.29. The maximum atomic E-state index is 5.75. The third-order valence-corrected chi connectivity index (χ3v) is 2.75. The summed E-state index contributed by atoms with van der Waals surface area (Å²) in [6.45, 7) is 4.05. The second-order valence-electron chi connectivity index (χ2n) is 3.79. The first-order valence-corrected chi connectivity index (χ1v) is 5.75. The molecule has 0 unspecified atom stereocenters. The number of anilines is 1. The van der Waals surface area contributed by atoms with E-state index in [9.17, 15) is 0 Å². The molecule has 2 rings (SSSR count). The molecule has 0 saturated carbocycles. The van der Waals surface area contributed by atoms with Crippen molar-refractivity contribution in [1.82, 2.24) is 9.97 Å². The number of hydrogen-bond donors (Lipinski definition) is 1. The minimum absolute atomic E-state index is 0.232. The fourth-order valence-corrected chi connectivity index (χ4v) is 1.74. The lowest BCUT2D eigenvalue weighted by atomic mass is 10.2. The van der Waals surface area contributed by atoms with E-state index in [2.05, 4.69) is 25.9 Å². The van der Waals surface area contributed by atoms with Gasteiger partial charge in [-0.25, -0.2) is 9.97 Å². The lowest BCUT2D eigenvalue weighted by Crippen LogP contribution is -2.02. The Morgan fingerprint density at radius 2 is 2.12 bits per heavy atom. The van der Waals surface area contributed by atoms with Crippen LogP contribution in [0, 0.1) is 0 Å². The molecule has 0 aliphatic carbocycles. The van der Waals surface area contributed by atoms with Crippen molar-refractivity contribution in [2.45, 2.75) is 19.8 Å². The maximum Gasteiger partial charge on any atom is 0.166 e. The monoisotopic (exact) mass is 281 g/mol. The average molecular weight is 282 g/mol. The molecule has 2 aromatic rings. The quantitative estimate of drug-likeness (QED) is 0.918. The van der Waals surface area contributed by atoms with Gasteiger partial charge >= 0.3 is 0 Å². The molecule has 0 amide bonds. The molecule has 0 aromatic carbocycles. The maximum absolute atomic E-state index is 5.75. The molecule has 2 heterocycles. The highest BCUT2D eigenvalue weighted by Gasteiger charge is 2.12. The van der Waals surface area contributed by atoms with Crippen molar-refractivity contribution < 1.29 is 4.42 Å². The summed E-state index contributed by atoms with van der Waals surface area (Å²) in [5, 5.41) is 0. The highest BCUT2D eigenvalue weighted by molar-refractivity contribution is 9.10. The number of halogens is 1. The van der Waals surface area contributed by atoms with Gasteiger partial charge in [0, 0.05) is 12.0 Å². The Morgan fingerprint density at radius 1 is 1.38 bits per heavy atom. The summed E-state index contributed by atoms with van der Waals surface area (Å²) in [5.41, 5.74) is 6.45. The van der Waals surface area contributed by atoms with Crippen molar-refractivity contribution in [3.8, 4) is 11.5 Å². The van der Waals surface area contributed by atoms with E-state index in [-0.39, 0.29) is 5.92 Å². The van der Waals surface area contributed by atoms with Crippen LogP contribution in [-0.2, 0) is 0 Å².